The summed E-state index contributed by atoms with van der Waals surface area (Å²) in [7, 11) is 0. The third-order valence-corrected chi connectivity index (χ3v) is 2.90. The monoisotopic (exact) mass is 221 g/mol. The predicted molar refractivity (Wildman–Crippen MR) is 73.8 cm³/mol. The maximum Gasteiger partial charge on any atom is 0.0346 e. The lowest BCUT2D eigenvalue weighted by molar-refractivity contribution is 1.31. The van der Waals surface area contributed by atoms with E-state index in [2.05, 4.69) is 43.3 Å². The second-order valence-electron chi connectivity index (χ2n) is 3.95. The highest BCUT2D eigenvalue weighted by Gasteiger charge is 2.02. The molecule has 0 radical (unpaired) electrons. The van der Waals surface area contributed by atoms with Crippen LogP contribution in [-0.4, -0.2) is 4.98 Å². The van der Waals surface area contributed by atoms with E-state index < -0.39 is 0 Å². The Labute approximate surface area is 101 Å². The molecule has 0 fully saturated rings. The fourth-order valence-electron chi connectivity index (χ4n) is 1.90. The van der Waals surface area contributed by atoms with Crippen LogP contribution in [0.3, 0.4) is 0 Å². The van der Waals surface area contributed by atoms with Crippen LogP contribution in [0.4, 0.5) is 0 Å². The van der Waals surface area contributed by atoms with Crippen LogP contribution in [0.5, 0.6) is 0 Å². The number of hydrogen-bond donors (Lipinski definition) is 0. The molecule has 17 heavy (non-hydrogen) atoms. The summed E-state index contributed by atoms with van der Waals surface area (Å²) in [5, 5.41) is 2.16. The highest BCUT2D eigenvalue weighted by atomic mass is 14.6. The zero-order valence-electron chi connectivity index (χ0n) is 9.98. The van der Waals surface area contributed by atoms with Gasteiger partial charge in [-0.1, -0.05) is 43.5 Å². The molecular weight excluding hydrogens is 206 g/mol. The topological polar surface area (TPSA) is 12.9 Å². The highest BCUT2D eigenvalue weighted by molar-refractivity contribution is 5.66. The molecule has 0 unspecified atom stereocenters. The van der Waals surface area contributed by atoms with Gasteiger partial charge in [-0.3, -0.25) is 4.98 Å². The molecule has 0 aliphatic carbocycles. The van der Waals surface area contributed by atoms with Crippen LogP contribution in [0, 0.1) is 6.92 Å². The first kappa shape index (κ1) is 11.3. The fraction of sp³-hybridized carbons (Fsp3) is 0.0625. The number of hydrogen-bond acceptors (Lipinski definition) is 1. The van der Waals surface area contributed by atoms with E-state index in [-0.39, 0.29) is 0 Å². The van der Waals surface area contributed by atoms with Crippen molar-refractivity contribution in [2.45, 2.75) is 6.92 Å². The summed E-state index contributed by atoms with van der Waals surface area (Å²) in [5.74, 6) is 0. The second-order valence-corrected chi connectivity index (χ2v) is 3.95. The van der Waals surface area contributed by atoms with Crippen LogP contribution >= 0.6 is 0 Å². The van der Waals surface area contributed by atoms with E-state index >= 15 is 0 Å². The third-order valence-electron chi connectivity index (χ3n) is 2.90. The van der Waals surface area contributed by atoms with Gasteiger partial charge in [-0.05, 0) is 34.6 Å². The number of nitrogens with zero attached hydrogens (tertiary/aromatic N) is 1. The van der Waals surface area contributed by atoms with Crippen molar-refractivity contribution >= 4 is 12.7 Å². The number of rotatable bonds is 2. The number of aromatic nitrogens is 1. The molecule has 0 saturated carbocycles. The molecule has 2 aromatic rings. The molecule has 0 atom stereocenters. The Kier molecular flexibility index (Phi) is 3.20. The van der Waals surface area contributed by atoms with E-state index in [1.54, 1.807) is 12.3 Å². The van der Waals surface area contributed by atoms with Gasteiger partial charge in [0.05, 0.1) is 0 Å². The van der Waals surface area contributed by atoms with E-state index in [4.69, 9.17) is 0 Å². The minimum absolute atomic E-state index is 1.05. The van der Waals surface area contributed by atoms with Crippen LogP contribution in [0.2, 0.25) is 0 Å². The van der Waals surface area contributed by atoms with Crippen LogP contribution in [0.15, 0.2) is 49.3 Å². The van der Waals surface area contributed by atoms with Crippen molar-refractivity contribution in [3.63, 3.8) is 0 Å². The van der Waals surface area contributed by atoms with E-state index in [1.807, 2.05) is 18.3 Å². The first-order valence-corrected chi connectivity index (χ1v) is 5.55. The Hall–Kier alpha value is -2.15. The molecule has 1 heterocycles. The van der Waals surface area contributed by atoms with Gasteiger partial charge < -0.3 is 0 Å². The summed E-state index contributed by atoms with van der Waals surface area (Å²) >= 11 is 0. The lowest BCUT2D eigenvalue weighted by Gasteiger charge is -2.06. The van der Waals surface area contributed by atoms with E-state index in [0.29, 0.717) is 0 Å². The average molecular weight is 221 g/mol. The van der Waals surface area contributed by atoms with Gasteiger partial charge in [0, 0.05) is 18.0 Å². The first-order chi connectivity index (χ1) is 8.24. The zero-order valence-corrected chi connectivity index (χ0v) is 9.98. The van der Waals surface area contributed by atoms with Crippen molar-refractivity contribution in [3.8, 4) is 11.1 Å². The van der Waals surface area contributed by atoms with Crippen molar-refractivity contribution in [3.05, 3.63) is 65.3 Å². The van der Waals surface area contributed by atoms with Gasteiger partial charge in [0.1, 0.15) is 0 Å². The van der Waals surface area contributed by atoms with Gasteiger partial charge in [-0.15, -0.1) is 0 Å². The molecule has 1 nitrogen and oxygen atoms in total. The maximum absolute atomic E-state index is 4.15. The zero-order chi connectivity index (χ0) is 12.3. The van der Waals surface area contributed by atoms with Crippen LogP contribution in [0.25, 0.3) is 23.8 Å². The molecule has 0 aliphatic heterocycles. The van der Waals surface area contributed by atoms with Gasteiger partial charge in [-0.25, -0.2) is 0 Å². The lowest BCUT2D eigenvalue weighted by atomic mass is 9.99. The smallest absolute Gasteiger partial charge is 0.0346 e. The molecule has 0 spiro atoms. The van der Waals surface area contributed by atoms with Gasteiger partial charge >= 0.3 is 0 Å². The predicted octanol–water partition coefficient (Wildman–Crippen LogP) is 2.43. The Morgan fingerprint density at radius 2 is 2.06 bits per heavy atom. The summed E-state index contributed by atoms with van der Waals surface area (Å²) in [6.07, 6.45) is 7.41. The standard InChI is InChI=1S/C16H15N/c1-4-6-14-8-9-16(13(3)12(14)2)15-7-5-10-17-11-15/h4-11H,1-2H2,3H3/b14-6-. The molecule has 1 aromatic carbocycles. The third kappa shape index (κ3) is 2.18. The van der Waals surface area contributed by atoms with Gasteiger partial charge in [0.15, 0.2) is 0 Å². The Bertz CT molecular complexity index is 639. The molecule has 1 aromatic heterocycles. The molecule has 2 rings (SSSR count). The molecule has 0 N–H and O–H groups in total. The highest BCUT2D eigenvalue weighted by Crippen LogP contribution is 2.18. The largest absolute Gasteiger partial charge is 0.264 e. The lowest BCUT2D eigenvalue weighted by Crippen LogP contribution is -2.25. The number of allylic oxidation sites excluding steroid dienone is 1. The Morgan fingerprint density at radius 3 is 2.71 bits per heavy atom. The molecule has 0 bridgehead atoms. The van der Waals surface area contributed by atoms with Crippen LogP contribution in [-0.2, 0) is 0 Å². The number of benzene rings is 1. The Balaban J connectivity index is 2.68. The molecule has 0 amide bonds. The van der Waals surface area contributed by atoms with Crippen molar-refractivity contribution in [2.75, 3.05) is 0 Å². The van der Waals surface area contributed by atoms with Crippen molar-refractivity contribution in [2.24, 2.45) is 0 Å². The molecule has 0 aliphatic rings. The van der Waals surface area contributed by atoms with Gasteiger partial charge in [-0.2, -0.15) is 0 Å². The summed E-state index contributed by atoms with van der Waals surface area (Å²) in [4.78, 5) is 4.15. The minimum Gasteiger partial charge on any atom is -0.264 e. The SMILES string of the molecule is C=C/C=c1/ccc(-c2cccnc2)c(C)c1=C. The summed E-state index contributed by atoms with van der Waals surface area (Å²) in [6, 6.07) is 8.18. The maximum atomic E-state index is 4.15. The van der Waals surface area contributed by atoms with Crippen molar-refractivity contribution in [1.29, 1.82) is 0 Å². The van der Waals surface area contributed by atoms with Crippen LogP contribution < -0.4 is 10.4 Å². The second kappa shape index (κ2) is 4.79. The molecular formula is C16H15N. The van der Waals surface area contributed by atoms with Crippen molar-refractivity contribution in [1.82, 2.24) is 4.98 Å². The normalized spacial score (nSPS) is 11.5. The average Bonchev–Trinajstić information content (AvgIpc) is 2.36. The first-order valence-electron chi connectivity index (χ1n) is 5.55. The van der Waals surface area contributed by atoms with E-state index in [9.17, 15) is 0 Å². The number of pyridine rings is 1. The summed E-state index contributed by atoms with van der Waals surface area (Å²) in [6.45, 7) is 9.93. The van der Waals surface area contributed by atoms with Gasteiger partial charge in [0.2, 0.25) is 0 Å². The van der Waals surface area contributed by atoms with Crippen LogP contribution in [0.1, 0.15) is 5.56 Å². The summed E-state index contributed by atoms with van der Waals surface area (Å²) in [5.41, 5.74) is 3.50. The fourth-order valence-corrected chi connectivity index (χ4v) is 1.90. The summed E-state index contributed by atoms with van der Waals surface area (Å²) < 4.78 is 0. The Morgan fingerprint density at radius 1 is 1.24 bits per heavy atom. The quantitative estimate of drug-likeness (QED) is 0.759. The van der Waals surface area contributed by atoms with Crippen molar-refractivity contribution < 1.29 is 0 Å². The van der Waals surface area contributed by atoms with Gasteiger partial charge in [0.25, 0.3) is 0 Å². The minimum atomic E-state index is 1.05. The van der Waals surface area contributed by atoms with E-state index in [1.165, 1.54) is 11.1 Å². The molecule has 84 valence electrons. The van der Waals surface area contributed by atoms with E-state index in [0.717, 1.165) is 16.0 Å². The molecule has 0 saturated heterocycles. The molecule has 1 heteroatoms.